The van der Waals surface area contributed by atoms with Crippen LogP contribution in [0.1, 0.15) is 64.8 Å². The zero-order chi connectivity index (χ0) is 39.8. The molecule has 0 saturated carbocycles. The van der Waals surface area contributed by atoms with Gasteiger partial charge in [-0.2, -0.15) is 0 Å². The lowest BCUT2D eigenvalue weighted by Crippen LogP contribution is -2.60. The third-order valence-electron chi connectivity index (χ3n) is 7.63. The number of nitrogens with zero attached hydrogens (tertiary/aromatic N) is 2. The predicted octanol–water partition coefficient (Wildman–Crippen LogP) is -2.20. The van der Waals surface area contributed by atoms with Crippen LogP contribution in [-0.4, -0.2) is 119 Å². The Bertz CT molecular complexity index is 1560. The summed E-state index contributed by atoms with van der Waals surface area (Å²) in [5.41, 5.74) is 6.77. The summed E-state index contributed by atoms with van der Waals surface area (Å²) < 4.78 is 0. The molecule has 0 aromatic carbocycles. The Morgan fingerprint density at radius 3 is 1.38 bits per heavy atom. The lowest BCUT2D eigenvalue weighted by atomic mass is 10.0. The second-order valence-electron chi connectivity index (χ2n) is 13.3. The molecule has 0 radical (unpaired) electrons. The van der Waals surface area contributed by atoms with E-state index in [1.54, 1.807) is 13.8 Å². The van der Waals surface area contributed by atoms with E-state index in [1.165, 1.54) is 25.0 Å². The second-order valence-corrected chi connectivity index (χ2v) is 13.3. The van der Waals surface area contributed by atoms with Crippen LogP contribution in [0.15, 0.2) is 25.0 Å². The number of aromatic nitrogens is 4. The standard InChI is InChI=1S/C32H48N10O11/c1-15(2)5-19(33)27(47)38-21(7-17-11-34-13-36-17)29(49)41-23(9-25(43)44)31(51)39-20(6-16(3)4)28(48)40-22(8-18-12-35-14-37-18)30(50)42-24(32(52)53)10-26(45)46/h11-16,19-24H,5-10,33H2,1-4H3,(H,34,36)(H,35,37)(H,38,47)(H,39,51)(H,40,48)(H,41,49)(H,42,50)(H,43,44)(H,45,46)(H,52,53)/t19-,20-,21-,22-,23-,24-/m0/s1. The maximum Gasteiger partial charge on any atom is 0.326 e. The fourth-order valence-electron chi connectivity index (χ4n) is 5.10. The van der Waals surface area contributed by atoms with Crippen molar-refractivity contribution < 1.29 is 53.7 Å². The van der Waals surface area contributed by atoms with Crippen molar-refractivity contribution in [2.75, 3.05) is 0 Å². The molecule has 21 nitrogen and oxygen atoms in total. The Hall–Kier alpha value is -5.86. The molecule has 2 rings (SSSR count). The number of carbonyl (C=O) groups is 8. The zero-order valence-electron chi connectivity index (χ0n) is 29.8. The lowest BCUT2D eigenvalue weighted by molar-refractivity contribution is -0.147. The summed E-state index contributed by atoms with van der Waals surface area (Å²) in [6.45, 7) is 7.15. The van der Waals surface area contributed by atoms with E-state index in [2.05, 4.69) is 46.5 Å². The monoisotopic (exact) mass is 748 g/mol. The number of aromatic amines is 2. The fraction of sp³-hybridized carbons (Fsp3) is 0.562. The van der Waals surface area contributed by atoms with Crippen molar-refractivity contribution in [2.45, 2.75) is 102 Å². The Morgan fingerprint density at radius 1 is 0.585 bits per heavy atom. The molecule has 0 saturated heterocycles. The minimum absolute atomic E-state index is 0.0350. The molecule has 2 aromatic rings. The second kappa shape index (κ2) is 20.9. The van der Waals surface area contributed by atoms with Gasteiger partial charge in [-0.3, -0.25) is 33.6 Å². The average Bonchev–Trinajstić information content (AvgIpc) is 3.76. The SMILES string of the molecule is CC(C)C[C@H](NC(=O)[C@H](CC(=O)O)NC(=O)[C@H](Cc1cnc[nH]1)NC(=O)[C@@H](N)CC(C)C)C(=O)N[C@@H](Cc1cnc[nH]1)C(=O)N[C@@H](CC(=O)O)C(=O)O. The van der Waals surface area contributed by atoms with Gasteiger partial charge >= 0.3 is 17.9 Å². The van der Waals surface area contributed by atoms with Crippen LogP contribution in [0.4, 0.5) is 0 Å². The van der Waals surface area contributed by atoms with Crippen LogP contribution in [0.5, 0.6) is 0 Å². The molecule has 0 aliphatic heterocycles. The van der Waals surface area contributed by atoms with Gasteiger partial charge in [-0.05, 0) is 24.7 Å². The van der Waals surface area contributed by atoms with Crippen LogP contribution in [0.3, 0.4) is 0 Å². The van der Waals surface area contributed by atoms with Gasteiger partial charge in [0.1, 0.15) is 30.2 Å². The van der Waals surface area contributed by atoms with Gasteiger partial charge in [0.15, 0.2) is 0 Å². The molecule has 0 spiro atoms. The number of carbonyl (C=O) groups excluding carboxylic acids is 5. The fourth-order valence-corrected chi connectivity index (χ4v) is 5.10. The molecular weight excluding hydrogens is 700 g/mol. The molecule has 5 amide bonds. The number of aliphatic carboxylic acids is 3. The van der Waals surface area contributed by atoms with Crippen LogP contribution in [0, 0.1) is 11.8 Å². The molecule has 0 unspecified atom stereocenters. The number of amides is 5. The summed E-state index contributed by atoms with van der Waals surface area (Å²) in [7, 11) is 0. The topological polar surface area (TPSA) is 341 Å². The molecule has 292 valence electrons. The van der Waals surface area contributed by atoms with Gasteiger partial charge in [-0.25, -0.2) is 14.8 Å². The van der Waals surface area contributed by atoms with Gasteiger partial charge in [0.05, 0.1) is 31.5 Å². The molecule has 53 heavy (non-hydrogen) atoms. The summed E-state index contributed by atoms with van der Waals surface area (Å²) in [6, 6.07) is -8.76. The number of carboxylic acids is 3. The highest BCUT2D eigenvalue weighted by atomic mass is 16.4. The third kappa shape index (κ3) is 15.5. The molecule has 0 aliphatic carbocycles. The predicted molar refractivity (Wildman–Crippen MR) is 183 cm³/mol. The third-order valence-corrected chi connectivity index (χ3v) is 7.63. The quantitative estimate of drug-likeness (QED) is 0.0575. The van der Waals surface area contributed by atoms with E-state index in [4.69, 9.17) is 10.8 Å². The number of nitrogens with two attached hydrogens (primary N) is 1. The number of carboxylic acid groups (broad SMARTS) is 3. The van der Waals surface area contributed by atoms with Gasteiger partial charge in [-0.15, -0.1) is 0 Å². The van der Waals surface area contributed by atoms with Crippen LogP contribution in [-0.2, 0) is 51.2 Å². The van der Waals surface area contributed by atoms with E-state index in [1.807, 2.05) is 13.8 Å². The first-order chi connectivity index (χ1) is 24.9. The van der Waals surface area contributed by atoms with Crippen LogP contribution in [0.2, 0.25) is 0 Å². The van der Waals surface area contributed by atoms with Crippen molar-refractivity contribution in [1.29, 1.82) is 0 Å². The zero-order valence-corrected chi connectivity index (χ0v) is 29.8. The smallest absolute Gasteiger partial charge is 0.326 e. The number of nitrogens with one attached hydrogen (secondary N) is 7. The summed E-state index contributed by atoms with van der Waals surface area (Å²) in [5, 5.41) is 40.0. The highest BCUT2D eigenvalue weighted by molar-refractivity contribution is 5.97. The summed E-state index contributed by atoms with van der Waals surface area (Å²) in [4.78, 5) is 115. The molecule has 0 aliphatic rings. The minimum atomic E-state index is -1.83. The maximum atomic E-state index is 13.7. The largest absolute Gasteiger partial charge is 0.481 e. The number of hydrogen-bond donors (Lipinski definition) is 11. The van der Waals surface area contributed by atoms with Crippen LogP contribution < -0.4 is 32.3 Å². The van der Waals surface area contributed by atoms with Crippen LogP contribution >= 0.6 is 0 Å². The van der Waals surface area contributed by atoms with Gasteiger partial charge < -0.3 is 57.6 Å². The highest BCUT2D eigenvalue weighted by Crippen LogP contribution is 2.10. The molecular formula is C32H48N10O11. The number of rotatable bonds is 23. The average molecular weight is 749 g/mol. The summed E-state index contributed by atoms with van der Waals surface area (Å²) in [5.74, 6) is -9.45. The Kier molecular flexibility index (Phi) is 17.0. The normalized spacial score (nSPS) is 14.5. The molecule has 21 heteroatoms. The van der Waals surface area contributed by atoms with Crippen molar-refractivity contribution in [3.05, 3.63) is 36.4 Å². The van der Waals surface area contributed by atoms with Crippen molar-refractivity contribution in [3.63, 3.8) is 0 Å². The molecule has 2 heterocycles. The van der Waals surface area contributed by atoms with Crippen molar-refractivity contribution in [1.82, 2.24) is 46.5 Å². The summed E-state index contributed by atoms with van der Waals surface area (Å²) >= 11 is 0. The van der Waals surface area contributed by atoms with Crippen molar-refractivity contribution >= 4 is 47.4 Å². The molecule has 6 atom stereocenters. The Morgan fingerprint density at radius 2 is 0.962 bits per heavy atom. The minimum Gasteiger partial charge on any atom is -0.481 e. The van der Waals surface area contributed by atoms with Crippen LogP contribution in [0.25, 0.3) is 0 Å². The van der Waals surface area contributed by atoms with E-state index >= 15 is 0 Å². The Balaban J connectivity index is 2.33. The first-order valence-electron chi connectivity index (χ1n) is 16.7. The summed E-state index contributed by atoms with van der Waals surface area (Å²) in [6.07, 6.45) is 3.41. The maximum absolute atomic E-state index is 13.7. The Labute approximate surface area is 304 Å². The van der Waals surface area contributed by atoms with Gasteiger partial charge in [0.25, 0.3) is 0 Å². The first kappa shape index (κ1) is 43.3. The number of H-pyrrole nitrogens is 2. The lowest BCUT2D eigenvalue weighted by Gasteiger charge is -2.27. The van der Waals surface area contributed by atoms with E-state index in [0.29, 0.717) is 17.8 Å². The van der Waals surface area contributed by atoms with Crippen molar-refractivity contribution in [3.8, 4) is 0 Å². The van der Waals surface area contributed by atoms with E-state index in [0.717, 1.165) is 0 Å². The number of hydrogen-bond acceptors (Lipinski definition) is 11. The highest BCUT2D eigenvalue weighted by Gasteiger charge is 2.34. The van der Waals surface area contributed by atoms with Crippen molar-refractivity contribution in [2.24, 2.45) is 17.6 Å². The molecule has 0 bridgehead atoms. The molecule has 0 fully saturated rings. The first-order valence-corrected chi connectivity index (χ1v) is 16.7. The van der Waals surface area contributed by atoms with Gasteiger partial charge in [0.2, 0.25) is 29.5 Å². The van der Waals surface area contributed by atoms with Gasteiger partial charge in [-0.1, -0.05) is 27.7 Å². The number of imidazole rings is 2. The van der Waals surface area contributed by atoms with Gasteiger partial charge in [0, 0.05) is 36.6 Å². The van der Waals surface area contributed by atoms with E-state index < -0.39 is 96.5 Å². The molecule has 12 N–H and O–H groups in total. The molecule has 2 aromatic heterocycles. The van der Waals surface area contributed by atoms with E-state index in [-0.39, 0.29) is 31.1 Å². The van der Waals surface area contributed by atoms with E-state index in [9.17, 15) is 48.6 Å².